The number of rotatable bonds is 4. The number of benzene rings is 1. The van der Waals surface area contributed by atoms with Crippen LogP contribution in [-0.4, -0.2) is 26.9 Å². The van der Waals surface area contributed by atoms with Crippen LogP contribution in [-0.2, 0) is 4.79 Å². The topological polar surface area (TPSA) is 53.2 Å². The Labute approximate surface area is 161 Å². The van der Waals surface area contributed by atoms with E-state index < -0.39 is 15.9 Å². The van der Waals surface area contributed by atoms with Gasteiger partial charge < -0.3 is 16.0 Å². The van der Waals surface area contributed by atoms with E-state index in [1.807, 2.05) is 24.3 Å². The van der Waals surface area contributed by atoms with Gasteiger partial charge in [0, 0.05) is 3.57 Å². The Morgan fingerprint density at radius 3 is 2.43 bits per heavy atom. The summed E-state index contributed by atoms with van der Waals surface area (Å²) in [6, 6.07) is 7.51. The lowest BCUT2D eigenvalue weighted by Gasteiger charge is -2.27. The third-order valence-electron chi connectivity index (χ3n) is 2.15. The summed E-state index contributed by atoms with van der Waals surface area (Å²) in [5.74, 6) is -0.743. The van der Waals surface area contributed by atoms with Gasteiger partial charge in [0.25, 0.3) is 0 Å². The number of hydrogen-bond donors (Lipinski definition) is 3. The Kier molecular flexibility index (Phi) is 8.08. The van der Waals surface area contributed by atoms with Crippen LogP contribution >= 0.6 is 81.2 Å². The number of hydrogen-bond acceptors (Lipinski definition) is 2. The fourth-order valence-corrected chi connectivity index (χ4v) is 2.41. The minimum Gasteiger partial charge on any atom is -0.339 e. The first-order valence-corrected chi connectivity index (χ1v) is 8.63. The Hall–Kier alpha value is 0.270. The van der Waals surface area contributed by atoms with E-state index in [2.05, 4.69) is 38.5 Å². The highest BCUT2D eigenvalue weighted by Gasteiger charge is 2.34. The van der Waals surface area contributed by atoms with Crippen LogP contribution in [0, 0.1) is 3.57 Å². The minimum absolute atomic E-state index is 0.199. The molecule has 116 valence electrons. The summed E-state index contributed by atoms with van der Waals surface area (Å²) in [6.45, 7) is 0. The lowest BCUT2D eigenvalue weighted by molar-refractivity contribution is -0.119. The molecule has 10 heteroatoms. The smallest absolute Gasteiger partial charge is 0.236 e. The Balaban J connectivity index is 2.73. The molecule has 1 aromatic rings. The Morgan fingerprint density at radius 1 is 1.29 bits per heavy atom. The molecule has 0 fully saturated rings. The largest absolute Gasteiger partial charge is 0.339 e. The predicted molar refractivity (Wildman–Crippen MR) is 101 cm³/mol. The molecule has 0 aliphatic rings. The van der Waals surface area contributed by atoms with Crippen molar-refractivity contribution in [3.63, 3.8) is 0 Å². The number of halogens is 5. The van der Waals surface area contributed by atoms with Crippen molar-refractivity contribution in [2.75, 3.05) is 11.2 Å². The third kappa shape index (κ3) is 6.92. The molecule has 0 radical (unpaired) electrons. The number of carbonyl (C=O) groups excluding carboxylic acids is 1. The number of carbonyl (C=O) groups is 1. The lowest BCUT2D eigenvalue weighted by atomic mass is 10.3. The van der Waals surface area contributed by atoms with Gasteiger partial charge in [-0.3, -0.25) is 4.79 Å². The molecule has 1 rings (SSSR count). The van der Waals surface area contributed by atoms with Gasteiger partial charge in [0.1, 0.15) is 12.0 Å². The fourth-order valence-electron chi connectivity index (χ4n) is 1.25. The second kappa shape index (κ2) is 8.79. The van der Waals surface area contributed by atoms with E-state index in [9.17, 15) is 4.79 Å². The maximum atomic E-state index is 11.3. The van der Waals surface area contributed by atoms with Crippen LogP contribution in [0.2, 0.25) is 0 Å². The standard InChI is InChI=1S/C11H10Cl4IN3OS/c12-5-8(20)18-9(11(13,14)15)19-10(21)17-7-4-2-1-3-6(7)16/h1-4,9H,5H2,(H,18,20)(H2,17,19,21)/t9-/m0/s1. The van der Waals surface area contributed by atoms with Gasteiger partial charge in [-0.05, 0) is 46.9 Å². The average molecular weight is 501 g/mol. The summed E-state index contributed by atoms with van der Waals surface area (Å²) in [5, 5.41) is 8.32. The molecule has 0 bridgehead atoms. The van der Waals surface area contributed by atoms with Gasteiger partial charge in [-0.2, -0.15) is 0 Å². The molecule has 3 N–H and O–H groups in total. The van der Waals surface area contributed by atoms with Crippen LogP contribution in [0.5, 0.6) is 0 Å². The molecule has 21 heavy (non-hydrogen) atoms. The zero-order valence-corrected chi connectivity index (χ0v) is 16.3. The van der Waals surface area contributed by atoms with E-state index in [1.54, 1.807) is 0 Å². The van der Waals surface area contributed by atoms with E-state index in [1.165, 1.54) is 0 Å². The second-order valence-electron chi connectivity index (χ2n) is 3.75. The maximum absolute atomic E-state index is 11.3. The molecule has 0 saturated carbocycles. The molecule has 0 aromatic heterocycles. The van der Waals surface area contributed by atoms with Crippen LogP contribution in [0.25, 0.3) is 0 Å². The third-order valence-corrected chi connectivity index (χ3v) is 4.21. The zero-order chi connectivity index (χ0) is 16.0. The molecule has 0 spiro atoms. The van der Waals surface area contributed by atoms with E-state index in [4.69, 9.17) is 58.6 Å². The number of amides is 1. The van der Waals surface area contributed by atoms with Crippen molar-refractivity contribution in [1.29, 1.82) is 0 Å². The van der Waals surface area contributed by atoms with Crippen LogP contribution < -0.4 is 16.0 Å². The first-order chi connectivity index (χ1) is 9.74. The summed E-state index contributed by atoms with van der Waals surface area (Å²) in [5.41, 5.74) is 0.794. The summed E-state index contributed by atoms with van der Waals surface area (Å²) in [7, 11) is 0. The molecule has 4 nitrogen and oxygen atoms in total. The van der Waals surface area contributed by atoms with Crippen LogP contribution in [0.3, 0.4) is 0 Å². The van der Waals surface area contributed by atoms with Gasteiger partial charge in [0.15, 0.2) is 5.11 Å². The number of alkyl halides is 4. The quantitative estimate of drug-likeness (QED) is 0.256. The first-order valence-electron chi connectivity index (χ1n) is 5.48. The summed E-state index contributed by atoms with van der Waals surface area (Å²) >= 11 is 30.1. The van der Waals surface area contributed by atoms with Gasteiger partial charge in [0.2, 0.25) is 9.70 Å². The van der Waals surface area contributed by atoms with Gasteiger partial charge in [-0.25, -0.2) is 0 Å². The Bertz CT molecular complexity index is 526. The molecule has 0 aliphatic heterocycles. The summed E-state index contributed by atoms with van der Waals surface area (Å²) in [6.07, 6.45) is -1.02. The first kappa shape index (κ1) is 19.3. The van der Waals surface area contributed by atoms with Crippen molar-refractivity contribution >= 4 is 97.9 Å². The monoisotopic (exact) mass is 499 g/mol. The molecule has 1 atom stereocenters. The SMILES string of the molecule is O=C(CCl)N[C@@H](NC(=S)Nc1ccccc1I)C(Cl)(Cl)Cl. The lowest BCUT2D eigenvalue weighted by Crippen LogP contribution is -2.56. The number of para-hydroxylation sites is 1. The summed E-state index contributed by atoms with van der Waals surface area (Å²) in [4.78, 5) is 11.3. The molecule has 1 amide bonds. The fraction of sp³-hybridized carbons (Fsp3) is 0.273. The Morgan fingerprint density at radius 2 is 1.90 bits per heavy atom. The van der Waals surface area contributed by atoms with Gasteiger partial charge in [-0.15, -0.1) is 11.6 Å². The molecule has 0 heterocycles. The van der Waals surface area contributed by atoms with E-state index >= 15 is 0 Å². The van der Waals surface area contributed by atoms with Crippen molar-refractivity contribution in [2.24, 2.45) is 0 Å². The normalized spacial score (nSPS) is 12.4. The number of anilines is 1. The van der Waals surface area contributed by atoms with Gasteiger partial charge >= 0.3 is 0 Å². The van der Waals surface area contributed by atoms with Crippen molar-refractivity contribution in [1.82, 2.24) is 10.6 Å². The molecular weight excluding hydrogens is 491 g/mol. The second-order valence-corrected chi connectivity index (χ2v) is 7.96. The van der Waals surface area contributed by atoms with Gasteiger partial charge in [-0.1, -0.05) is 46.9 Å². The summed E-state index contributed by atoms with van der Waals surface area (Å²) < 4.78 is -0.827. The van der Waals surface area contributed by atoms with Crippen molar-refractivity contribution in [3.8, 4) is 0 Å². The zero-order valence-electron chi connectivity index (χ0n) is 10.3. The van der Waals surface area contributed by atoms with Crippen LogP contribution in [0.4, 0.5) is 5.69 Å². The molecule has 0 aliphatic carbocycles. The molecule has 1 aromatic carbocycles. The minimum atomic E-state index is -1.79. The highest BCUT2D eigenvalue weighted by atomic mass is 127. The highest BCUT2D eigenvalue weighted by molar-refractivity contribution is 14.1. The van der Waals surface area contributed by atoms with E-state index in [0.29, 0.717) is 0 Å². The van der Waals surface area contributed by atoms with Crippen LogP contribution in [0.15, 0.2) is 24.3 Å². The molecular formula is C11H10Cl4IN3OS. The van der Waals surface area contributed by atoms with Crippen molar-refractivity contribution in [2.45, 2.75) is 9.96 Å². The molecule has 0 saturated heterocycles. The number of thiocarbonyl (C=S) groups is 1. The van der Waals surface area contributed by atoms with E-state index in [0.717, 1.165) is 9.26 Å². The maximum Gasteiger partial charge on any atom is 0.236 e. The van der Waals surface area contributed by atoms with Crippen molar-refractivity contribution in [3.05, 3.63) is 27.8 Å². The van der Waals surface area contributed by atoms with Crippen molar-refractivity contribution < 1.29 is 4.79 Å². The number of nitrogens with one attached hydrogen (secondary N) is 3. The van der Waals surface area contributed by atoms with E-state index in [-0.39, 0.29) is 11.0 Å². The molecule has 0 unspecified atom stereocenters. The predicted octanol–water partition coefficient (Wildman–Crippen LogP) is 3.63. The highest BCUT2D eigenvalue weighted by Crippen LogP contribution is 2.29. The van der Waals surface area contributed by atoms with Gasteiger partial charge in [0.05, 0.1) is 5.69 Å². The van der Waals surface area contributed by atoms with Crippen LogP contribution in [0.1, 0.15) is 0 Å². The average Bonchev–Trinajstić information content (AvgIpc) is 2.39.